The normalized spacial score (nSPS) is 18.4. The Morgan fingerprint density at radius 1 is 1.40 bits per heavy atom. The smallest absolute Gasteiger partial charge is 0.242 e. The summed E-state index contributed by atoms with van der Waals surface area (Å²) in [6.07, 6.45) is 9.23. The zero-order chi connectivity index (χ0) is 14.5. The molecule has 1 unspecified atom stereocenters. The number of nitrogens with one attached hydrogen (secondary N) is 1. The molecule has 0 saturated heterocycles. The number of fused-ring (bicyclic) bond motifs is 1. The van der Waals surface area contributed by atoms with Crippen LogP contribution in [0.15, 0.2) is 12.4 Å². The molecule has 1 aliphatic rings. The SMILES string of the molecule is CCNC1CCCCc2cn(CC(=O)N(C)CC)cc21. The van der Waals surface area contributed by atoms with E-state index in [1.165, 1.54) is 30.4 Å². The minimum atomic E-state index is 0.178. The van der Waals surface area contributed by atoms with Gasteiger partial charge in [-0.3, -0.25) is 4.79 Å². The minimum absolute atomic E-state index is 0.178. The molecule has 1 aliphatic carbocycles. The summed E-state index contributed by atoms with van der Waals surface area (Å²) in [6.45, 7) is 6.37. The zero-order valence-corrected chi connectivity index (χ0v) is 13.0. The van der Waals surface area contributed by atoms with E-state index in [4.69, 9.17) is 0 Å². The van der Waals surface area contributed by atoms with Crippen LogP contribution in [-0.2, 0) is 17.8 Å². The highest BCUT2D eigenvalue weighted by atomic mass is 16.2. The van der Waals surface area contributed by atoms with Crippen LogP contribution in [0.25, 0.3) is 0 Å². The highest BCUT2D eigenvalue weighted by Gasteiger charge is 2.20. The zero-order valence-electron chi connectivity index (χ0n) is 13.0. The van der Waals surface area contributed by atoms with Crippen molar-refractivity contribution in [1.29, 1.82) is 0 Å². The Kier molecular flexibility index (Phi) is 5.24. The van der Waals surface area contributed by atoms with Gasteiger partial charge in [-0.1, -0.05) is 13.3 Å². The molecule has 112 valence electrons. The van der Waals surface area contributed by atoms with E-state index < -0.39 is 0 Å². The van der Waals surface area contributed by atoms with E-state index in [2.05, 4.69) is 29.2 Å². The molecule has 0 saturated carbocycles. The molecule has 0 spiro atoms. The lowest BCUT2D eigenvalue weighted by Gasteiger charge is -2.16. The number of likely N-dealkylation sites (N-methyl/N-ethyl adjacent to an activating group) is 1. The fourth-order valence-corrected chi connectivity index (χ4v) is 2.92. The second kappa shape index (κ2) is 6.93. The Bertz CT molecular complexity index is 453. The largest absolute Gasteiger partial charge is 0.344 e. The molecule has 0 aromatic carbocycles. The van der Waals surface area contributed by atoms with E-state index in [9.17, 15) is 4.79 Å². The number of amides is 1. The van der Waals surface area contributed by atoms with Crippen LogP contribution in [-0.4, -0.2) is 35.5 Å². The van der Waals surface area contributed by atoms with Gasteiger partial charge in [0.2, 0.25) is 5.91 Å². The molecular weight excluding hydrogens is 250 g/mol. The Labute approximate surface area is 122 Å². The first-order chi connectivity index (χ1) is 9.65. The Morgan fingerprint density at radius 2 is 2.20 bits per heavy atom. The molecule has 1 aromatic rings. The molecule has 4 nitrogen and oxygen atoms in total. The Balaban J connectivity index is 2.14. The molecule has 0 bridgehead atoms. The van der Waals surface area contributed by atoms with Gasteiger partial charge in [0.15, 0.2) is 0 Å². The van der Waals surface area contributed by atoms with Gasteiger partial charge in [-0.2, -0.15) is 0 Å². The van der Waals surface area contributed by atoms with Crippen molar-refractivity contribution in [3.63, 3.8) is 0 Å². The van der Waals surface area contributed by atoms with E-state index >= 15 is 0 Å². The van der Waals surface area contributed by atoms with Crippen molar-refractivity contribution in [1.82, 2.24) is 14.8 Å². The van der Waals surface area contributed by atoms with Gasteiger partial charge < -0.3 is 14.8 Å². The summed E-state index contributed by atoms with van der Waals surface area (Å²) in [5, 5.41) is 3.57. The van der Waals surface area contributed by atoms with E-state index in [0.29, 0.717) is 12.6 Å². The average Bonchev–Trinajstić information content (AvgIpc) is 2.75. The van der Waals surface area contributed by atoms with Crippen molar-refractivity contribution in [2.45, 2.75) is 52.1 Å². The van der Waals surface area contributed by atoms with Crippen molar-refractivity contribution < 1.29 is 4.79 Å². The van der Waals surface area contributed by atoms with E-state index in [1.54, 1.807) is 4.90 Å². The van der Waals surface area contributed by atoms with Crippen molar-refractivity contribution >= 4 is 5.91 Å². The maximum atomic E-state index is 12.0. The van der Waals surface area contributed by atoms with Gasteiger partial charge in [0.05, 0.1) is 0 Å². The van der Waals surface area contributed by atoms with Crippen molar-refractivity contribution in [3.05, 3.63) is 23.5 Å². The summed E-state index contributed by atoms with van der Waals surface area (Å²) >= 11 is 0. The Hall–Kier alpha value is -1.29. The molecule has 2 rings (SSSR count). The average molecular weight is 277 g/mol. The molecular formula is C16H27N3O. The Morgan fingerprint density at radius 3 is 2.90 bits per heavy atom. The van der Waals surface area contributed by atoms with Gasteiger partial charge in [-0.15, -0.1) is 0 Å². The first-order valence-corrected chi connectivity index (χ1v) is 7.81. The van der Waals surface area contributed by atoms with Gasteiger partial charge in [0, 0.05) is 32.0 Å². The summed E-state index contributed by atoms with van der Waals surface area (Å²) < 4.78 is 2.06. The molecule has 1 atom stereocenters. The lowest BCUT2D eigenvalue weighted by molar-refractivity contribution is -0.130. The quantitative estimate of drug-likeness (QED) is 0.839. The molecule has 1 N–H and O–H groups in total. The van der Waals surface area contributed by atoms with Crippen molar-refractivity contribution in [2.24, 2.45) is 0 Å². The number of aromatic nitrogens is 1. The van der Waals surface area contributed by atoms with Crippen LogP contribution in [0.4, 0.5) is 0 Å². The van der Waals surface area contributed by atoms with Crippen LogP contribution < -0.4 is 5.32 Å². The van der Waals surface area contributed by atoms with Crippen LogP contribution >= 0.6 is 0 Å². The van der Waals surface area contributed by atoms with Gasteiger partial charge in [0.1, 0.15) is 6.54 Å². The van der Waals surface area contributed by atoms with Crippen LogP contribution in [0.1, 0.15) is 50.3 Å². The third kappa shape index (κ3) is 3.42. The monoisotopic (exact) mass is 277 g/mol. The second-order valence-electron chi connectivity index (χ2n) is 5.68. The third-order valence-corrected chi connectivity index (χ3v) is 4.23. The molecule has 1 heterocycles. The molecule has 1 amide bonds. The van der Waals surface area contributed by atoms with Crippen LogP contribution in [0.3, 0.4) is 0 Å². The predicted octanol–water partition coefficient (Wildman–Crippen LogP) is 2.34. The van der Waals surface area contributed by atoms with E-state index in [-0.39, 0.29) is 5.91 Å². The van der Waals surface area contributed by atoms with Gasteiger partial charge >= 0.3 is 0 Å². The summed E-state index contributed by atoms with van der Waals surface area (Å²) in [4.78, 5) is 13.8. The summed E-state index contributed by atoms with van der Waals surface area (Å²) in [5.41, 5.74) is 2.82. The second-order valence-corrected chi connectivity index (χ2v) is 5.68. The standard InChI is InChI=1S/C16H27N3O/c1-4-17-15-9-7-6-8-13-10-19(11-14(13)15)12-16(20)18(3)5-2/h10-11,15,17H,4-9,12H2,1-3H3. The first-order valence-electron chi connectivity index (χ1n) is 7.81. The summed E-state index contributed by atoms with van der Waals surface area (Å²) in [6, 6.07) is 0.456. The van der Waals surface area contributed by atoms with Crippen LogP contribution in [0.2, 0.25) is 0 Å². The fraction of sp³-hybridized carbons (Fsp3) is 0.688. The summed E-state index contributed by atoms with van der Waals surface area (Å²) in [5.74, 6) is 0.178. The number of hydrogen-bond acceptors (Lipinski definition) is 2. The van der Waals surface area contributed by atoms with Gasteiger partial charge in [-0.25, -0.2) is 0 Å². The molecule has 0 aliphatic heterocycles. The molecule has 0 radical (unpaired) electrons. The van der Waals surface area contributed by atoms with Crippen molar-refractivity contribution in [2.75, 3.05) is 20.1 Å². The van der Waals surface area contributed by atoms with E-state index in [1.807, 2.05) is 14.0 Å². The van der Waals surface area contributed by atoms with Crippen LogP contribution in [0, 0.1) is 0 Å². The number of rotatable bonds is 5. The molecule has 0 fully saturated rings. The first kappa shape index (κ1) is 15.1. The topological polar surface area (TPSA) is 37.3 Å². The maximum Gasteiger partial charge on any atom is 0.242 e. The molecule has 4 heteroatoms. The highest BCUT2D eigenvalue weighted by Crippen LogP contribution is 2.29. The number of carbonyl (C=O) groups is 1. The molecule has 1 aromatic heterocycles. The number of nitrogens with zero attached hydrogens (tertiary/aromatic N) is 2. The fourth-order valence-electron chi connectivity index (χ4n) is 2.92. The maximum absolute atomic E-state index is 12.0. The third-order valence-electron chi connectivity index (χ3n) is 4.23. The van der Waals surface area contributed by atoms with E-state index in [0.717, 1.165) is 19.5 Å². The number of hydrogen-bond donors (Lipinski definition) is 1. The lowest BCUT2D eigenvalue weighted by Crippen LogP contribution is -2.29. The number of carbonyl (C=O) groups excluding carboxylic acids is 1. The van der Waals surface area contributed by atoms with Gasteiger partial charge in [-0.05, 0) is 43.9 Å². The summed E-state index contributed by atoms with van der Waals surface area (Å²) in [7, 11) is 1.86. The van der Waals surface area contributed by atoms with Gasteiger partial charge in [0.25, 0.3) is 0 Å². The van der Waals surface area contributed by atoms with Crippen LogP contribution in [0.5, 0.6) is 0 Å². The highest BCUT2D eigenvalue weighted by molar-refractivity contribution is 5.75. The predicted molar refractivity (Wildman–Crippen MR) is 81.7 cm³/mol. The van der Waals surface area contributed by atoms with Crippen molar-refractivity contribution in [3.8, 4) is 0 Å². The molecule has 20 heavy (non-hydrogen) atoms. The lowest BCUT2D eigenvalue weighted by atomic mass is 10.0. The minimum Gasteiger partial charge on any atom is -0.344 e. The number of aryl methyl sites for hydroxylation is 1.